The Labute approximate surface area is 156 Å². The van der Waals surface area contributed by atoms with Crippen molar-refractivity contribution in [2.45, 2.75) is 19.3 Å². The second-order valence-electron chi connectivity index (χ2n) is 6.26. The normalized spacial score (nSPS) is 24.0. The molecular weight excluding hydrogens is 352 g/mol. The van der Waals surface area contributed by atoms with Crippen LogP contribution < -0.4 is 4.90 Å². The average Bonchev–Trinajstić information content (AvgIpc) is 2.84. The molecule has 0 aliphatic carbocycles. The van der Waals surface area contributed by atoms with Crippen molar-refractivity contribution in [1.29, 1.82) is 5.41 Å². The monoisotopic (exact) mass is 372 g/mol. The highest BCUT2D eigenvalue weighted by molar-refractivity contribution is 6.21. The van der Waals surface area contributed by atoms with E-state index >= 15 is 0 Å². The van der Waals surface area contributed by atoms with Crippen LogP contribution in [0.25, 0.3) is 0 Å². The third kappa shape index (κ3) is 2.36. The molecule has 2 aliphatic rings. The Morgan fingerprint density at radius 1 is 1.33 bits per heavy atom. The standard InChI is InChI=1S/C19H20N2O6/c1-5-26-17(23)13-10(2)27-15(20)14(16(22)25-4)19(13)11-8-6-7-9-12(11)21(3)18(19)24/h6-9,14,20H,5H2,1-4H3. The molecule has 1 N–H and O–H groups in total. The molecule has 1 amide bonds. The smallest absolute Gasteiger partial charge is 0.338 e. The van der Waals surface area contributed by atoms with Gasteiger partial charge in [0, 0.05) is 12.7 Å². The number of nitrogens with zero attached hydrogens (tertiary/aromatic N) is 1. The molecule has 3 rings (SSSR count). The number of rotatable bonds is 3. The lowest BCUT2D eigenvalue weighted by atomic mass is 9.64. The van der Waals surface area contributed by atoms with E-state index in [-0.39, 0.29) is 17.9 Å². The summed E-state index contributed by atoms with van der Waals surface area (Å²) in [5, 5.41) is 8.25. The lowest BCUT2D eigenvalue weighted by Crippen LogP contribution is -2.56. The minimum atomic E-state index is -1.77. The van der Waals surface area contributed by atoms with Gasteiger partial charge in [-0.25, -0.2) is 4.79 Å². The molecule has 0 saturated carbocycles. The van der Waals surface area contributed by atoms with Crippen molar-refractivity contribution in [3.8, 4) is 0 Å². The summed E-state index contributed by atoms with van der Waals surface area (Å²) in [5.74, 6) is -3.97. The Bertz CT molecular complexity index is 890. The second kappa shape index (κ2) is 6.53. The number of methoxy groups -OCH3 is 1. The molecule has 1 aromatic rings. The van der Waals surface area contributed by atoms with E-state index in [1.54, 1.807) is 38.2 Å². The van der Waals surface area contributed by atoms with Gasteiger partial charge < -0.3 is 19.1 Å². The summed E-state index contributed by atoms with van der Waals surface area (Å²) < 4.78 is 15.4. The summed E-state index contributed by atoms with van der Waals surface area (Å²) >= 11 is 0. The highest BCUT2D eigenvalue weighted by Gasteiger charge is 2.66. The topological polar surface area (TPSA) is 106 Å². The van der Waals surface area contributed by atoms with Gasteiger partial charge in [-0.1, -0.05) is 18.2 Å². The first kappa shape index (κ1) is 18.6. The molecule has 0 aromatic heterocycles. The van der Waals surface area contributed by atoms with Gasteiger partial charge in [-0.3, -0.25) is 15.0 Å². The summed E-state index contributed by atoms with van der Waals surface area (Å²) in [4.78, 5) is 40.4. The summed E-state index contributed by atoms with van der Waals surface area (Å²) in [6, 6.07) is 6.84. The van der Waals surface area contributed by atoms with Gasteiger partial charge >= 0.3 is 11.9 Å². The van der Waals surface area contributed by atoms with E-state index in [1.165, 1.54) is 11.8 Å². The minimum absolute atomic E-state index is 0.0528. The molecule has 2 unspecified atom stereocenters. The van der Waals surface area contributed by atoms with Crippen molar-refractivity contribution in [3.63, 3.8) is 0 Å². The summed E-state index contributed by atoms with van der Waals surface area (Å²) in [6.45, 7) is 3.20. The molecule has 0 saturated heterocycles. The van der Waals surface area contributed by atoms with E-state index in [0.717, 1.165) is 7.11 Å². The van der Waals surface area contributed by atoms with E-state index in [1.807, 2.05) is 0 Å². The summed E-state index contributed by atoms with van der Waals surface area (Å²) in [5.41, 5.74) is -0.883. The SMILES string of the molecule is CCOC(=O)C1=C(C)OC(=N)C(C(=O)OC)C12C(=O)N(C)c1ccccc12. The van der Waals surface area contributed by atoms with Gasteiger partial charge in [0.25, 0.3) is 0 Å². The molecule has 27 heavy (non-hydrogen) atoms. The van der Waals surface area contributed by atoms with E-state index in [4.69, 9.17) is 19.6 Å². The van der Waals surface area contributed by atoms with Gasteiger partial charge in [0.15, 0.2) is 5.92 Å². The lowest BCUT2D eigenvalue weighted by Gasteiger charge is -2.39. The van der Waals surface area contributed by atoms with E-state index in [0.29, 0.717) is 11.3 Å². The molecule has 0 bridgehead atoms. The van der Waals surface area contributed by atoms with Crippen LogP contribution in [0.5, 0.6) is 0 Å². The average molecular weight is 372 g/mol. The molecule has 1 spiro atoms. The summed E-state index contributed by atoms with van der Waals surface area (Å²) in [6.07, 6.45) is 0. The van der Waals surface area contributed by atoms with Crippen molar-refractivity contribution >= 4 is 29.4 Å². The zero-order valence-electron chi connectivity index (χ0n) is 15.5. The third-order valence-electron chi connectivity index (χ3n) is 4.95. The molecule has 2 aliphatic heterocycles. The van der Waals surface area contributed by atoms with Crippen LogP contribution in [0.2, 0.25) is 0 Å². The largest absolute Gasteiger partial charge is 0.468 e. The molecular formula is C19H20N2O6. The zero-order chi connectivity index (χ0) is 19.9. The van der Waals surface area contributed by atoms with Crippen LogP contribution in [-0.4, -0.2) is 44.5 Å². The number of anilines is 1. The number of hydrogen-bond acceptors (Lipinski definition) is 7. The second-order valence-corrected chi connectivity index (χ2v) is 6.26. The number of carbonyl (C=O) groups is 3. The molecule has 2 heterocycles. The van der Waals surface area contributed by atoms with Crippen LogP contribution in [-0.2, 0) is 34.0 Å². The number of amides is 1. The van der Waals surface area contributed by atoms with Crippen molar-refractivity contribution in [2.75, 3.05) is 25.7 Å². The summed E-state index contributed by atoms with van der Waals surface area (Å²) in [7, 11) is 2.72. The van der Waals surface area contributed by atoms with Crippen LogP contribution in [0.15, 0.2) is 35.6 Å². The number of hydrogen-bond donors (Lipinski definition) is 1. The van der Waals surface area contributed by atoms with Crippen LogP contribution in [0.4, 0.5) is 5.69 Å². The number of ether oxygens (including phenoxy) is 3. The fourth-order valence-corrected chi connectivity index (χ4v) is 3.91. The first-order valence-corrected chi connectivity index (χ1v) is 8.42. The lowest BCUT2D eigenvalue weighted by molar-refractivity contribution is -0.149. The van der Waals surface area contributed by atoms with Crippen molar-refractivity contribution in [3.05, 3.63) is 41.2 Å². The van der Waals surface area contributed by atoms with Crippen LogP contribution in [0.1, 0.15) is 19.4 Å². The molecule has 8 nitrogen and oxygen atoms in total. The van der Waals surface area contributed by atoms with Crippen LogP contribution in [0, 0.1) is 11.3 Å². The third-order valence-corrected chi connectivity index (χ3v) is 4.95. The highest BCUT2D eigenvalue weighted by atomic mass is 16.5. The first-order chi connectivity index (χ1) is 12.8. The minimum Gasteiger partial charge on any atom is -0.468 e. The Balaban J connectivity index is 2.42. The number of para-hydroxylation sites is 1. The van der Waals surface area contributed by atoms with E-state index < -0.39 is 35.1 Å². The number of benzene rings is 1. The Morgan fingerprint density at radius 2 is 2.00 bits per heavy atom. The quantitative estimate of drug-likeness (QED) is 0.807. The van der Waals surface area contributed by atoms with Gasteiger partial charge in [0.05, 0.1) is 19.3 Å². The fraction of sp³-hybridized carbons (Fsp3) is 0.368. The number of esters is 2. The van der Waals surface area contributed by atoms with Gasteiger partial charge in [0.2, 0.25) is 11.8 Å². The number of likely N-dealkylation sites (N-methyl/N-ethyl adjacent to an activating group) is 1. The van der Waals surface area contributed by atoms with Gasteiger partial charge in [-0.05, 0) is 25.5 Å². The van der Waals surface area contributed by atoms with Gasteiger partial charge in [-0.2, -0.15) is 0 Å². The van der Waals surface area contributed by atoms with E-state index in [2.05, 4.69) is 0 Å². The van der Waals surface area contributed by atoms with Gasteiger partial charge in [-0.15, -0.1) is 0 Å². The molecule has 1 aromatic carbocycles. The Hall–Kier alpha value is -3.16. The molecule has 0 fully saturated rings. The van der Waals surface area contributed by atoms with E-state index in [9.17, 15) is 14.4 Å². The first-order valence-electron chi connectivity index (χ1n) is 8.42. The number of allylic oxidation sites excluding steroid dienone is 1. The molecule has 8 heteroatoms. The predicted molar refractivity (Wildman–Crippen MR) is 95.2 cm³/mol. The molecule has 2 atom stereocenters. The number of nitrogens with one attached hydrogen (secondary N) is 1. The maximum atomic E-state index is 13.5. The van der Waals surface area contributed by atoms with Gasteiger partial charge in [0.1, 0.15) is 11.2 Å². The van der Waals surface area contributed by atoms with Crippen LogP contribution >= 0.6 is 0 Å². The molecule has 0 radical (unpaired) electrons. The maximum Gasteiger partial charge on any atom is 0.338 e. The van der Waals surface area contributed by atoms with Crippen molar-refractivity contribution in [2.24, 2.45) is 5.92 Å². The predicted octanol–water partition coefficient (Wildman–Crippen LogP) is 1.53. The van der Waals surface area contributed by atoms with Crippen molar-refractivity contribution in [1.82, 2.24) is 0 Å². The molecule has 142 valence electrons. The highest BCUT2D eigenvalue weighted by Crippen LogP contribution is 2.54. The number of carbonyl (C=O) groups excluding carboxylic acids is 3. The Morgan fingerprint density at radius 3 is 2.63 bits per heavy atom. The number of fused-ring (bicyclic) bond motifs is 2. The fourth-order valence-electron chi connectivity index (χ4n) is 3.91. The zero-order valence-corrected chi connectivity index (χ0v) is 15.5. The Kier molecular flexibility index (Phi) is 4.51. The maximum absolute atomic E-state index is 13.5. The van der Waals surface area contributed by atoms with Crippen LogP contribution in [0.3, 0.4) is 0 Å². The van der Waals surface area contributed by atoms with Crippen molar-refractivity contribution < 1.29 is 28.6 Å².